The van der Waals surface area contributed by atoms with E-state index < -0.39 is 0 Å². The summed E-state index contributed by atoms with van der Waals surface area (Å²) in [7, 11) is 0. The highest BCUT2D eigenvalue weighted by atomic mass is 32.1. The normalized spacial score (nSPS) is 23.1. The predicted octanol–water partition coefficient (Wildman–Crippen LogP) is 2.90. The lowest BCUT2D eigenvalue weighted by molar-refractivity contribution is -0.0749. The minimum Gasteiger partial charge on any atom is -0.369 e. The van der Waals surface area contributed by atoms with Crippen LogP contribution in [-0.2, 0) is 16.7 Å². The van der Waals surface area contributed by atoms with Gasteiger partial charge in [-0.2, -0.15) is 0 Å². The van der Waals surface area contributed by atoms with E-state index >= 15 is 0 Å². The molecular formula is C15H27N3OS. The molecule has 1 fully saturated rings. The maximum atomic E-state index is 5.97. The van der Waals surface area contributed by atoms with Crippen molar-refractivity contribution in [1.29, 1.82) is 0 Å². The minimum absolute atomic E-state index is 0.0386. The van der Waals surface area contributed by atoms with Gasteiger partial charge in [0.15, 0.2) is 5.13 Å². The molecule has 0 radical (unpaired) electrons. The van der Waals surface area contributed by atoms with Gasteiger partial charge in [0.2, 0.25) is 0 Å². The van der Waals surface area contributed by atoms with Crippen molar-refractivity contribution in [2.24, 2.45) is 5.73 Å². The van der Waals surface area contributed by atoms with Crippen molar-refractivity contribution in [3.63, 3.8) is 0 Å². The van der Waals surface area contributed by atoms with Gasteiger partial charge in [-0.3, -0.25) is 0 Å². The lowest BCUT2D eigenvalue weighted by atomic mass is 9.91. The first-order valence-corrected chi connectivity index (χ1v) is 8.07. The second kappa shape index (κ2) is 5.28. The third-order valence-corrected chi connectivity index (χ3v) is 4.56. The van der Waals surface area contributed by atoms with E-state index in [1.54, 1.807) is 11.3 Å². The van der Waals surface area contributed by atoms with Crippen LogP contribution in [0.2, 0.25) is 0 Å². The van der Waals surface area contributed by atoms with Gasteiger partial charge in [0.25, 0.3) is 0 Å². The molecule has 1 saturated heterocycles. The molecule has 0 saturated carbocycles. The fourth-order valence-electron chi connectivity index (χ4n) is 2.80. The number of thiazole rings is 1. The van der Waals surface area contributed by atoms with E-state index in [1.165, 1.54) is 4.88 Å². The molecule has 0 bridgehead atoms. The summed E-state index contributed by atoms with van der Waals surface area (Å²) in [5.74, 6) is 0. The third kappa shape index (κ3) is 3.32. The first-order valence-electron chi connectivity index (χ1n) is 7.25. The molecule has 0 amide bonds. The summed E-state index contributed by atoms with van der Waals surface area (Å²) in [4.78, 5) is 8.42. The monoisotopic (exact) mass is 297 g/mol. The SMILES string of the molecule is CC1CN(c2nc(C(C)(C)C)c(CN)s2)CC(C)(C)O1. The lowest BCUT2D eigenvalue weighted by Gasteiger charge is -2.41. The standard InChI is InChI=1S/C15H27N3OS/c1-10-8-18(9-15(5,6)19-10)13-17-12(14(2,3)4)11(7-16)20-13/h10H,7-9,16H2,1-6H3. The Morgan fingerprint density at radius 1 is 1.45 bits per heavy atom. The Morgan fingerprint density at radius 3 is 2.55 bits per heavy atom. The van der Waals surface area contributed by atoms with Crippen molar-refractivity contribution in [1.82, 2.24) is 4.98 Å². The first kappa shape index (κ1) is 15.7. The van der Waals surface area contributed by atoms with Crippen molar-refractivity contribution < 1.29 is 4.74 Å². The maximum absolute atomic E-state index is 5.97. The van der Waals surface area contributed by atoms with E-state index in [0.717, 1.165) is 23.9 Å². The zero-order chi connectivity index (χ0) is 15.1. The van der Waals surface area contributed by atoms with Gasteiger partial charge in [0.1, 0.15) is 0 Å². The zero-order valence-corrected chi connectivity index (χ0v) is 14.3. The number of morpholine rings is 1. The summed E-state index contributed by atoms with van der Waals surface area (Å²) in [5, 5.41) is 1.08. The highest BCUT2D eigenvalue weighted by Gasteiger charge is 2.34. The van der Waals surface area contributed by atoms with Crippen LogP contribution >= 0.6 is 11.3 Å². The number of hydrogen-bond acceptors (Lipinski definition) is 5. The molecule has 0 spiro atoms. The van der Waals surface area contributed by atoms with Gasteiger partial charge in [0, 0.05) is 29.9 Å². The summed E-state index contributed by atoms with van der Waals surface area (Å²) in [6.45, 7) is 15.3. The average Bonchev–Trinajstić information content (AvgIpc) is 2.69. The van der Waals surface area contributed by atoms with Gasteiger partial charge < -0.3 is 15.4 Å². The molecule has 20 heavy (non-hydrogen) atoms. The molecule has 1 aromatic heterocycles. The molecule has 2 heterocycles. The van der Waals surface area contributed by atoms with Crippen LogP contribution in [0.15, 0.2) is 0 Å². The Balaban J connectivity index is 2.31. The molecule has 1 unspecified atom stereocenters. The van der Waals surface area contributed by atoms with Gasteiger partial charge in [0.05, 0.1) is 17.4 Å². The van der Waals surface area contributed by atoms with Gasteiger partial charge >= 0.3 is 0 Å². The van der Waals surface area contributed by atoms with Crippen LogP contribution in [0.4, 0.5) is 5.13 Å². The van der Waals surface area contributed by atoms with Crippen molar-refractivity contribution in [3.8, 4) is 0 Å². The summed E-state index contributed by atoms with van der Waals surface area (Å²) < 4.78 is 5.97. The first-order chi connectivity index (χ1) is 9.12. The Bertz CT molecular complexity index is 476. The van der Waals surface area contributed by atoms with Gasteiger partial charge in [-0.25, -0.2) is 4.98 Å². The maximum Gasteiger partial charge on any atom is 0.186 e. The van der Waals surface area contributed by atoms with Crippen LogP contribution in [-0.4, -0.2) is 29.8 Å². The second-order valence-corrected chi connectivity index (χ2v) is 8.35. The second-order valence-electron chi connectivity index (χ2n) is 7.29. The quantitative estimate of drug-likeness (QED) is 0.912. The number of nitrogens with two attached hydrogens (primary N) is 1. The van der Waals surface area contributed by atoms with E-state index in [0.29, 0.717) is 6.54 Å². The Labute approximate surface area is 126 Å². The summed E-state index contributed by atoms with van der Waals surface area (Å²) >= 11 is 1.73. The topological polar surface area (TPSA) is 51.4 Å². The molecule has 1 atom stereocenters. The van der Waals surface area contributed by atoms with Crippen LogP contribution in [0, 0.1) is 0 Å². The highest BCUT2D eigenvalue weighted by molar-refractivity contribution is 7.15. The molecule has 1 aliphatic heterocycles. The van der Waals surface area contributed by atoms with Gasteiger partial charge in [-0.05, 0) is 20.8 Å². The Hall–Kier alpha value is -0.650. The molecule has 0 aromatic carbocycles. The molecular weight excluding hydrogens is 270 g/mol. The van der Waals surface area contributed by atoms with Gasteiger partial charge in [-0.15, -0.1) is 11.3 Å². The highest BCUT2D eigenvalue weighted by Crippen LogP contribution is 2.35. The molecule has 1 aliphatic rings. The molecule has 2 rings (SSSR count). The van der Waals surface area contributed by atoms with Crippen LogP contribution < -0.4 is 10.6 Å². The van der Waals surface area contributed by atoms with E-state index in [1.807, 2.05) is 0 Å². The molecule has 2 N–H and O–H groups in total. The molecule has 1 aromatic rings. The lowest BCUT2D eigenvalue weighted by Crippen LogP contribution is -2.52. The largest absolute Gasteiger partial charge is 0.369 e. The van der Waals surface area contributed by atoms with Crippen molar-refractivity contribution in [3.05, 3.63) is 10.6 Å². The van der Waals surface area contributed by atoms with Crippen LogP contribution in [0.3, 0.4) is 0 Å². The van der Waals surface area contributed by atoms with Crippen LogP contribution in [0.5, 0.6) is 0 Å². The number of aromatic nitrogens is 1. The third-order valence-electron chi connectivity index (χ3n) is 3.42. The fourth-order valence-corrected chi connectivity index (χ4v) is 3.96. The minimum atomic E-state index is -0.131. The van der Waals surface area contributed by atoms with E-state index in [9.17, 15) is 0 Å². The Morgan fingerprint density at radius 2 is 2.10 bits per heavy atom. The molecule has 5 heteroatoms. The summed E-state index contributed by atoms with van der Waals surface area (Å²) in [5.41, 5.74) is 6.94. The number of rotatable bonds is 2. The number of nitrogens with zero attached hydrogens (tertiary/aromatic N) is 2. The van der Waals surface area contributed by atoms with Crippen LogP contribution in [0.25, 0.3) is 0 Å². The summed E-state index contributed by atoms with van der Waals surface area (Å²) in [6.07, 6.45) is 0.224. The van der Waals surface area contributed by atoms with Gasteiger partial charge in [-0.1, -0.05) is 20.8 Å². The molecule has 114 valence electrons. The van der Waals surface area contributed by atoms with Crippen molar-refractivity contribution >= 4 is 16.5 Å². The van der Waals surface area contributed by atoms with Crippen LogP contribution in [0.1, 0.15) is 52.1 Å². The number of hydrogen-bond donors (Lipinski definition) is 1. The number of ether oxygens (including phenoxy) is 1. The predicted molar refractivity (Wildman–Crippen MR) is 85.5 cm³/mol. The number of anilines is 1. The fraction of sp³-hybridized carbons (Fsp3) is 0.800. The Kier molecular flexibility index (Phi) is 4.15. The summed E-state index contributed by atoms with van der Waals surface area (Å²) in [6, 6.07) is 0. The van der Waals surface area contributed by atoms with Crippen molar-refractivity contribution in [2.45, 2.75) is 65.2 Å². The average molecular weight is 297 g/mol. The van der Waals surface area contributed by atoms with E-state index in [-0.39, 0.29) is 17.1 Å². The van der Waals surface area contributed by atoms with E-state index in [4.69, 9.17) is 15.5 Å². The molecule has 4 nitrogen and oxygen atoms in total. The van der Waals surface area contributed by atoms with Crippen molar-refractivity contribution in [2.75, 3.05) is 18.0 Å². The van der Waals surface area contributed by atoms with E-state index in [2.05, 4.69) is 46.4 Å². The smallest absolute Gasteiger partial charge is 0.186 e. The molecule has 0 aliphatic carbocycles. The zero-order valence-electron chi connectivity index (χ0n) is 13.5.